The van der Waals surface area contributed by atoms with E-state index in [1.54, 1.807) is 23.3 Å². The van der Waals surface area contributed by atoms with E-state index in [9.17, 15) is 9.59 Å². The summed E-state index contributed by atoms with van der Waals surface area (Å²) in [6, 6.07) is 21.1. The molecular formula is C37H48IN8O6PS4Si. The molecule has 0 amide bonds. The molecule has 0 bridgehead atoms. The molecule has 0 saturated carbocycles. The zero-order valence-electron chi connectivity index (χ0n) is 33.0. The first-order chi connectivity index (χ1) is 27.3. The number of aromatic nitrogens is 6. The molecule has 2 aromatic carbocycles. The molecule has 6 heterocycles. The third kappa shape index (κ3) is 9.51. The Labute approximate surface area is 370 Å². The predicted molar refractivity (Wildman–Crippen MR) is 256 cm³/mol. The number of alkyl halides is 1. The van der Waals surface area contributed by atoms with E-state index >= 15 is 0 Å². The number of aliphatic hydroxyl groups excluding tert-OH is 1. The van der Waals surface area contributed by atoms with E-state index in [4.69, 9.17) is 30.5 Å². The largest absolute Gasteiger partial charge is 0.404 e. The lowest BCUT2D eigenvalue weighted by Gasteiger charge is -2.43. The molecule has 2 aliphatic rings. The smallest absolute Gasteiger partial charge is 0.311 e. The van der Waals surface area contributed by atoms with Crippen LogP contribution in [0.5, 0.6) is 0 Å². The number of anilines is 2. The Bertz CT molecular complexity index is 2400. The van der Waals surface area contributed by atoms with Crippen LogP contribution in [0.2, 0.25) is 5.04 Å². The molecule has 0 aliphatic carbocycles. The molecule has 58 heavy (non-hydrogen) atoms. The van der Waals surface area contributed by atoms with E-state index in [0.29, 0.717) is 40.8 Å². The molecule has 0 radical (unpaired) electrons. The van der Waals surface area contributed by atoms with Crippen molar-refractivity contribution in [2.24, 2.45) is 0 Å². The quantitative estimate of drug-likeness (QED) is 0.0765. The van der Waals surface area contributed by atoms with Gasteiger partial charge in [0.25, 0.3) is 8.32 Å². The third-order valence-corrected chi connectivity index (χ3v) is 18.7. The van der Waals surface area contributed by atoms with Crippen molar-refractivity contribution >= 4 is 130 Å². The minimum Gasteiger partial charge on any atom is -0.404 e. The Kier molecular flexibility index (Phi) is 16.0. The molecule has 8 rings (SSSR count). The number of thioether (sulfide) groups is 2. The number of fused-ring (bicyclic) bond motifs is 2. The van der Waals surface area contributed by atoms with Crippen molar-refractivity contribution in [3.63, 3.8) is 0 Å². The van der Waals surface area contributed by atoms with Gasteiger partial charge in [0.1, 0.15) is 23.3 Å². The average Bonchev–Trinajstić information content (AvgIpc) is 3.99. The molecular weight excluding hydrogens is 967 g/mol. The van der Waals surface area contributed by atoms with E-state index in [1.165, 1.54) is 26.7 Å². The summed E-state index contributed by atoms with van der Waals surface area (Å²) in [5.41, 5.74) is 13.4. The fourth-order valence-electron chi connectivity index (χ4n) is 6.95. The van der Waals surface area contributed by atoms with Crippen LogP contribution in [-0.4, -0.2) is 83.0 Å². The van der Waals surface area contributed by atoms with Crippen LogP contribution in [0.4, 0.5) is 11.9 Å². The molecule has 21 heteroatoms. The van der Waals surface area contributed by atoms with Gasteiger partial charge in [-0.1, -0.05) is 127 Å². The second-order valence-corrected chi connectivity index (χ2v) is 22.6. The minimum atomic E-state index is -2.67. The van der Waals surface area contributed by atoms with Crippen LogP contribution >= 0.6 is 78.7 Å². The number of nitrogens with two attached hydrogens (primary N) is 2. The molecule has 0 spiro atoms. The first-order valence-corrected chi connectivity index (χ1v) is 25.7. The van der Waals surface area contributed by atoms with Crippen molar-refractivity contribution in [1.29, 1.82) is 0 Å². The van der Waals surface area contributed by atoms with Crippen LogP contribution in [0.3, 0.4) is 0 Å². The highest BCUT2D eigenvalue weighted by molar-refractivity contribution is 14.1. The van der Waals surface area contributed by atoms with Gasteiger partial charge in [-0.05, 0) is 34.2 Å². The van der Waals surface area contributed by atoms with Gasteiger partial charge in [0.2, 0.25) is 11.9 Å². The maximum atomic E-state index is 12.9. The number of ether oxygens (including phenoxy) is 2. The predicted octanol–water partition coefficient (Wildman–Crippen LogP) is 5.34. The van der Waals surface area contributed by atoms with Crippen molar-refractivity contribution in [1.82, 2.24) is 29.1 Å². The molecule has 5 atom stereocenters. The van der Waals surface area contributed by atoms with Crippen LogP contribution in [-0.2, 0) is 13.9 Å². The number of rotatable bonds is 8. The summed E-state index contributed by atoms with van der Waals surface area (Å²) in [6.07, 6.45) is -0.852. The molecule has 4 aromatic heterocycles. The van der Waals surface area contributed by atoms with Gasteiger partial charge in [-0.2, -0.15) is 19.9 Å². The standard InChI is InChI=1S/C26H30N4O3S2Si.C10H12N4O3S2.CH3I.H3P/c1-17-22-23(29-24(27)28-17)30(25(31)35-22)20-16-34-21(33-20)15-32-36(26(2,3)4,18-11-7-5-8-12-18)19-13-9-6-10-14-19;1-4-7-8(13-9(11)12-4)14(10(16)19-7)5-3-18-6(2-15)17-5;1-2;/h5-14,20-21H,15-16H2,1-4H3,(H2,27,28,29);5-6,15H,2-3H2,1H3,(H2,11,12,13);1H3;1H3. The van der Waals surface area contributed by atoms with Crippen LogP contribution in [0, 0.1) is 13.8 Å². The number of aliphatic hydroxyl groups is 1. The van der Waals surface area contributed by atoms with Gasteiger partial charge in [-0.15, -0.1) is 23.5 Å². The summed E-state index contributed by atoms with van der Waals surface area (Å²) in [7, 11) is -2.67. The SMILES string of the molecule is CI.Cc1nc(N)nc2c1sc(=O)n2C1CSC(CO)O1.Cc1nc(N)nc2c1sc(=O)n2C1CSC(CO[Si](c2ccccc2)(c2ccccc2)C(C)(C)C)O1.P. The normalized spacial score (nSPS) is 19.3. The number of nitrogens with zero attached hydrogens (tertiary/aromatic N) is 6. The van der Waals surface area contributed by atoms with Gasteiger partial charge in [0.05, 0.1) is 34.0 Å². The van der Waals surface area contributed by atoms with Gasteiger partial charge < -0.3 is 30.5 Å². The average molecular weight is 1020 g/mol. The molecule has 14 nitrogen and oxygen atoms in total. The number of benzene rings is 2. The molecule has 2 fully saturated rings. The van der Waals surface area contributed by atoms with E-state index < -0.39 is 20.8 Å². The van der Waals surface area contributed by atoms with Crippen molar-refractivity contribution in [3.8, 4) is 0 Å². The highest BCUT2D eigenvalue weighted by Gasteiger charge is 2.51. The number of aryl methyl sites for hydroxylation is 2. The monoisotopic (exact) mass is 1010 g/mol. The highest BCUT2D eigenvalue weighted by atomic mass is 127. The Hall–Kier alpha value is -2.50. The summed E-state index contributed by atoms with van der Waals surface area (Å²) in [5, 5.41) is 11.4. The van der Waals surface area contributed by atoms with Gasteiger partial charge in [-0.25, -0.2) is 9.97 Å². The third-order valence-electron chi connectivity index (χ3n) is 9.34. The van der Waals surface area contributed by atoms with Gasteiger partial charge in [0, 0.05) is 11.5 Å². The van der Waals surface area contributed by atoms with Crippen molar-refractivity contribution in [3.05, 3.63) is 91.4 Å². The van der Waals surface area contributed by atoms with Crippen molar-refractivity contribution in [2.45, 2.75) is 63.0 Å². The van der Waals surface area contributed by atoms with Gasteiger partial charge >= 0.3 is 9.75 Å². The second-order valence-electron chi connectivity index (χ2n) is 14.0. The van der Waals surface area contributed by atoms with Crippen molar-refractivity contribution < 1.29 is 19.0 Å². The minimum absolute atomic E-state index is 0. The summed E-state index contributed by atoms with van der Waals surface area (Å²) < 4.78 is 23.6. The number of hydrogen-bond acceptors (Lipinski definition) is 16. The lowest BCUT2D eigenvalue weighted by atomic mass is 10.2. The Balaban J connectivity index is 0.000000245. The highest BCUT2D eigenvalue weighted by Crippen LogP contribution is 2.40. The van der Waals surface area contributed by atoms with Crippen LogP contribution in [0.15, 0.2) is 70.3 Å². The topological polar surface area (TPSA) is 196 Å². The summed E-state index contributed by atoms with van der Waals surface area (Å²) in [4.78, 5) is 43.4. The van der Waals surface area contributed by atoms with E-state index in [1.807, 2.05) is 24.0 Å². The van der Waals surface area contributed by atoms with Crippen LogP contribution in [0.25, 0.3) is 20.7 Å². The second kappa shape index (κ2) is 19.9. The summed E-state index contributed by atoms with van der Waals surface area (Å²) >= 11 is 7.50. The zero-order valence-corrected chi connectivity index (χ0v) is 40.8. The zero-order chi connectivity index (χ0) is 41.1. The van der Waals surface area contributed by atoms with E-state index in [2.05, 4.69) is 112 Å². The van der Waals surface area contributed by atoms with Gasteiger partial charge in [-0.3, -0.25) is 18.7 Å². The number of halogens is 1. The Morgan fingerprint density at radius 1 is 0.776 bits per heavy atom. The first-order valence-electron chi connectivity index (χ1n) is 17.9. The fraction of sp³-hybridized carbons (Fsp3) is 0.405. The lowest BCUT2D eigenvalue weighted by molar-refractivity contribution is -0.00274. The number of thiazole rings is 2. The molecule has 312 valence electrons. The Morgan fingerprint density at radius 2 is 1.19 bits per heavy atom. The molecule has 2 saturated heterocycles. The van der Waals surface area contributed by atoms with E-state index in [0.717, 1.165) is 32.1 Å². The number of hydrogen-bond donors (Lipinski definition) is 3. The van der Waals surface area contributed by atoms with Gasteiger partial charge in [0.15, 0.2) is 11.3 Å². The van der Waals surface area contributed by atoms with E-state index in [-0.39, 0.29) is 54.1 Å². The lowest BCUT2D eigenvalue weighted by Crippen LogP contribution is -2.67. The Morgan fingerprint density at radius 3 is 1.59 bits per heavy atom. The molecule has 6 aromatic rings. The van der Waals surface area contributed by atoms with Crippen LogP contribution < -0.4 is 31.6 Å². The number of nitrogen functional groups attached to an aromatic ring is 2. The fourth-order valence-corrected chi connectivity index (χ4v) is 15.3. The maximum absolute atomic E-state index is 12.9. The first kappa shape index (κ1) is 46.6. The van der Waals surface area contributed by atoms with Crippen LogP contribution in [0.1, 0.15) is 44.6 Å². The maximum Gasteiger partial charge on any atom is 0.311 e. The molecule has 5 N–H and O–H groups in total. The van der Waals surface area contributed by atoms with Crippen molar-refractivity contribution in [2.75, 3.05) is 41.1 Å². The summed E-state index contributed by atoms with van der Waals surface area (Å²) in [5.74, 6) is 1.52. The molecule has 2 aliphatic heterocycles. The summed E-state index contributed by atoms with van der Waals surface area (Å²) in [6.45, 7) is 10.7. The molecule has 5 unspecified atom stereocenters.